The highest BCUT2D eigenvalue weighted by molar-refractivity contribution is 7.12. The summed E-state index contributed by atoms with van der Waals surface area (Å²) in [7, 11) is 0. The van der Waals surface area contributed by atoms with Crippen molar-refractivity contribution in [3.8, 4) is 5.88 Å². The number of anilines is 1. The van der Waals surface area contributed by atoms with Crippen LogP contribution in [0.15, 0.2) is 29.6 Å². The van der Waals surface area contributed by atoms with Gasteiger partial charge in [-0.3, -0.25) is 4.79 Å². The number of carbonyl (C=O) groups excluding carboxylic acids is 1. The van der Waals surface area contributed by atoms with Crippen molar-refractivity contribution >= 4 is 23.1 Å². The maximum atomic E-state index is 12.3. The molecule has 1 aliphatic heterocycles. The van der Waals surface area contributed by atoms with Crippen LogP contribution in [-0.4, -0.2) is 53.8 Å². The van der Waals surface area contributed by atoms with Gasteiger partial charge in [0.2, 0.25) is 5.88 Å². The second kappa shape index (κ2) is 6.74. The van der Waals surface area contributed by atoms with E-state index in [1.165, 1.54) is 11.3 Å². The minimum absolute atomic E-state index is 0.118. The topological polar surface area (TPSA) is 58.6 Å². The molecule has 1 amide bonds. The predicted octanol–water partition coefficient (Wildman–Crippen LogP) is 1.90. The molecule has 3 rings (SSSR count). The smallest absolute Gasteiger partial charge is 0.264 e. The van der Waals surface area contributed by atoms with Gasteiger partial charge in [-0.15, -0.1) is 21.5 Å². The molecule has 7 heteroatoms. The Labute approximate surface area is 133 Å². The summed E-state index contributed by atoms with van der Waals surface area (Å²) in [6, 6.07) is 7.52. The molecule has 2 aromatic rings. The molecule has 22 heavy (non-hydrogen) atoms. The highest BCUT2D eigenvalue weighted by atomic mass is 32.1. The van der Waals surface area contributed by atoms with Crippen LogP contribution in [0.25, 0.3) is 0 Å². The number of piperazine rings is 1. The van der Waals surface area contributed by atoms with Crippen LogP contribution in [0.1, 0.15) is 16.6 Å². The van der Waals surface area contributed by atoms with E-state index in [9.17, 15) is 4.79 Å². The fraction of sp³-hybridized carbons (Fsp3) is 0.400. The monoisotopic (exact) mass is 318 g/mol. The Kier molecular flexibility index (Phi) is 4.53. The van der Waals surface area contributed by atoms with Crippen molar-refractivity contribution in [3.63, 3.8) is 0 Å². The second-order valence-electron chi connectivity index (χ2n) is 4.92. The number of aromatic nitrogens is 2. The third-order valence-corrected chi connectivity index (χ3v) is 4.40. The van der Waals surface area contributed by atoms with E-state index in [-0.39, 0.29) is 5.91 Å². The summed E-state index contributed by atoms with van der Waals surface area (Å²) in [5.41, 5.74) is 0. The number of nitrogens with zero attached hydrogens (tertiary/aromatic N) is 4. The molecular formula is C15H18N4O2S. The Morgan fingerprint density at radius 3 is 2.64 bits per heavy atom. The van der Waals surface area contributed by atoms with Gasteiger partial charge in [0.1, 0.15) is 0 Å². The van der Waals surface area contributed by atoms with E-state index in [4.69, 9.17) is 4.74 Å². The van der Waals surface area contributed by atoms with Crippen LogP contribution in [0.2, 0.25) is 0 Å². The van der Waals surface area contributed by atoms with Gasteiger partial charge in [0.05, 0.1) is 11.5 Å². The maximum Gasteiger partial charge on any atom is 0.264 e. The van der Waals surface area contributed by atoms with Crippen LogP contribution in [0, 0.1) is 0 Å². The van der Waals surface area contributed by atoms with Crippen molar-refractivity contribution in [1.82, 2.24) is 15.1 Å². The summed E-state index contributed by atoms with van der Waals surface area (Å²) in [6.45, 7) is 5.42. The molecule has 0 aromatic carbocycles. The average Bonchev–Trinajstić information content (AvgIpc) is 3.10. The Morgan fingerprint density at radius 1 is 1.23 bits per heavy atom. The van der Waals surface area contributed by atoms with E-state index in [0.717, 1.165) is 23.8 Å². The number of ether oxygens (including phenoxy) is 1. The SMILES string of the molecule is CCOc1ccc(N2CCN(C(=O)c3cccs3)CC2)nn1. The lowest BCUT2D eigenvalue weighted by molar-refractivity contribution is 0.0751. The molecule has 0 atom stereocenters. The van der Waals surface area contributed by atoms with E-state index in [0.29, 0.717) is 25.6 Å². The fourth-order valence-electron chi connectivity index (χ4n) is 2.40. The Balaban J connectivity index is 1.58. The Bertz CT molecular complexity index is 607. The molecule has 0 radical (unpaired) electrons. The molecule has 6 nitrogen and oxygen atoms in total. The van der Waals surface area contributed by atoms with Gasteiger partial charge in [-0.2, -0.15) is 0 Å². The van der Waals surface area contributed by atoms with Crippen molar-refractivity contribution in [3.05, 3.63) is 34.5 Å². The zero-order valence-corrected chi connectivity index (χ0v) is 13.3. The van der Waals surface area contributed by atoms with Crippen molar-refractivity contribution in [2.75, 3.05) is 37.7 Å². The number of carbonyl (C=O) groups is 1. The van der Waals surface area contributed by atoms with E-state index in [1.54, 1.807) is 0 Å². The molecule has 1 saturated heterocycles. The summed E-state index contributed by atoms with van der Waals surface area (Å²) < 4.78 is 5.29. The zero-order valence-electron chi connectivity index (χ0n) is 12.4. The van der Waals surface area contributed by atoms with Gasteiger partial charge >= 0.3 is 0 Å². The molecule has 1 aliphatic rings. The highest BCUT2D eigenvalue weighted by Crippen LogP contribution is 2.17. The molecule has 2 aromatic heterocycles. The first-order chi connectivity index (χ1) is 10.8. The van der Waals surface area contributed by atoms with Gasteiger partial charge < -0.3 is 14.5 Å². The lowest BCUT2D eigenvalue weighted by Gasteiger charge is -2.34. The molecule has 0 spiro atoms. The zero-order chi connectivity index (χ0) is 15.4. The summed E-state index contributed by atoms with van der Waals surface area (Å²) in [5, 5.41) is 10.2. The number of thiophene rings is 1. The van der Waals surface area contributed by atoms with Gasteiger partial charge in [-0.05, 0) is 24.4 Å². The van der Waals surface area contributed by atoms with Crippen LogP contribution in [0.4, 0.5) is 5.82 Å². The highest BCUT2D eigenvalue weighted by Gasteiger charge is 2.23. The summed E-state index contributed by atoms with van der Waals surface area (Å²) in [5.74, 6) is 1.48. The third-order valence-electron chi connectivity index (χ3n) is 3.54. The van der Waals surface area contributed by atoms with Crippen molar-refractivity contribution in [2.24, 2.45) is 0 Å². The first-order valence-electron chi connectivity index (χ1n) is 7.32. The lowest BCUT2D eigenvalue weighted by atomic mass is 10.3. The number of rotatable bonds is 4. The average molecular weight is 318 g/mol. The van der Waals surface area contributed by atoms with Gasteiger partial charge in [-0.25, -0.2) is 0 Å². The van der Waals surface area contributed by atoms with E-state index >= 15 is 0 Å². The maximum absolute atomic E-state index is 12.3. The van der Waals surface area contributed by atoms with Crippen LogP contribution in [0.3, 0.4) is 0 Å². The van der Waals surface area contributed by atoms with Crippen LogP contribution < -0.4 is 9.64 Å². The molecule has 0 unspecified atom stereocenters. The molecule has 0 aliphatic carbocycles. The van der Waals surface area contributed by atoms with Gasteiger partial charge in [0, 0.05) is 32.2 Å². The first-order valence-corrected chi connectivity index (χ1v) is 8.20. The molecule has 0 N–H and O–H groups in total. The molecular weight excluding hydrogens is 300 g/mol. The van der Waals surface area contributed by atoms with Gasteiger partial charge in [0.15, 0.2) is 5.82 Å². The van der Waals surface area contributed by atoms with Crippen molar-refractivity contribution in [1.29, 1.82) is 0 Å². The Morgan fingerprint density at radius 2 is 2.05 bits per heavy atom. The first kappa shape index (κ1) is 14.8. The summed E-state index contributed by atoms with van der Waals surface area (Å²) in [6.07, 6.45) is 0. The number of amides is 1. The third kappa shape index (κ3) is 3.19. The predicted molar refractivity (Wildman–Crippen MR) is 85.6 cm³/mol. The quantitative estimate of drug-likeness (QED) is 0.862. The van der Waals surface area contributed by atoms with Crippen molar-refractivity contribution < 1.29 is 9.53 Å². The van der Waals surface area contributed by atoms with Crippen LogP contribution in [-0.2, 0) is 0 Å². The molecule has 0 saturated carbocycles. The minimum atomic E-state index is 0.118. The van der Waals surface area contributed by atoms with Gasteiger partial charge in [0.25, 0.3) is 5.91 Å². The van der Waals surface area contributed by atoms with E-state index in [1.807, 2.05) is 41.5 Å². The Hall–Kier alpha value is -2.15. The largest absolute Gasteiger partial charge is 0.477 e. The van der Waals surface area contributed by atoms with Crippen molar-refractivity contribution in [2.45, 2.75) is 6.92 Å². The number of hydrogen-bond acceptors (Lipinski definition) is 6. The normalized spacial score (nSPS) is 15.0. The van der Waals surface area contributed by atoms with Gasteiger partial charge in [-0.1, -0.05) is 6.07 Å². The molecule has 0 bridgehead atoms. The van der Waals surface area contributed by atoms with Crippen LogP contribution >= 0.6 is 11.3 Å². The summed E-state index contributed by atoms with van der Waals surface area (Å²) in [4.78, 5) is 17.1. The molecule has 1 fully saturated rings. The molecule has 116 valence electrons. The summed E-state index contributed by atoms with van der Waals surface area (Å²) >= 11 is 1.49. The van der Waals surface area contributed by atoms with Crippen LogP contribution in [0.5, 0.6) is 5.88 Å². The fourth-order valence-corrected chi connectivity index (χ4v) is 3.09. The number of hydrogen-bond donors (Lipinski definition) is 0. The standard InChI is InChI=1S/C15H18N4O2S/c1-2-21-14-6-5-13(16-17-14)18-7-9-19(10-8-18)15(20)12-4-3-11-22-12/h3-6,11H,2,7-10H2,1H3. The van der Waals surface area contributed by atoms with E-state index in [2.05, 4.69) is 15.1 Å². The lowest BCUT2D eigenvalue weighted by Crippen LogP contribution is -2.48. The minimum Gasteiger partial charge on any atom is -0.477 e. The molecule has 3 heterocycles. The van der Waals surface area contributed by atoms with E-state index < -0.39 is 0 Å². The second-order valence-corrected chi connectivity index (χ2v) is 5.87.